The minimum absolute atomic E-state index is 0.173. The second-order valence-corrected chi connectivity index (χ2v) is 9.47. The summed E-state index contributed by atoms with van der Waals surface area (Å²) in [5.74, 6) is 2.29. The molecule has 152 valence electrons. The van der Waals surface area contributed by atoms with E-state index < -0.39 is 0 Å². The summed E-state index contributed by atoms with van der Waals surface area (Å²) < 4.78 is 5.11. The number of ether oxygens (including phenoxy) is 1. The zero-order valence-corrected chi connectivity index (χ0v) is 17.3. The lowest BCUT2D eigenvalue weighted by Gasteiger charge is -2.56. The van der Waals surface area contributed by atoms with Crippen LogP contribution in [0.5, 0.6) is 0 Å². The molecular weight excluding hydrogens is 350 g/mol. The highest BCUT2D eigenvalue weighted by Gasteiger charge is 2.55. The number of carbonyl (C=O) groups is 2. The van der Waals surface area contributed by atoms with E-state index in [1.165, 1.54) is 24.8 Å². The van der Waals surface area contributed by atoms with Crippen LogP contribution in [0.25, 0.3) is 0 Å². The molecule has 0 aromatic heterocycles. The Morgan fingerprint density at radius 1 is 1.04 bits per heavy atom. The third-order valence-electron chi connectivity index (χ3n) is 7.16. The number of carbonyl (C=O) groups excluding carboxylic acids is 2. The second kappa shape index (κ2) is 7.88. The maximum Gasteiger partial charge on any atom is 0.307 e. The molecule has 0 unspecified atom stereocenters. The van der Waals surface area contributed by atoms with Gasteiger partial charge < -0.3 is 9.64 Å². The molecular formula is C24H33NO3. The maximum atomic E-state index is 13.8. The zero-order chi connectivity index (χ0) is 19.7. The molecule has 0 heterocycles. The first kappa shape index (κ1) is 19.5. The van der Waals surface area contributed by atoms with Gasteiger partial charge in [-0.05, 0) is 75.7 Å². The summed E-state index contributed by atoms with van der Waals surface area (Å²) in [7, 11) is 0. The van der Waals surface area contributed by atoms with Gasteiger partial charge in [0.1, 0.15) is 0 Å². The number of benzene rings is 1. The van der Waals surface area contributed by atoms with Gasteiger partial charge in [0.25, 0.3) is 0 Å². The van der Waals surface area contributed by atoms with Crippen molar-refractivity contribution in [3.63, 3.8) is 0 Å². The lowest BCUT2D eigenvalue weighted by Crippen LogP contribution is -2.54. The Labute approximate surface area is 168 Å². The standard InChI is InChI=1S/C24H33NO3/c1-3-28-22(26)8-9-25(16-18-6-4-17(2)5-7-18)23(27)24-13-19-10-20(14-24)12-21(11-19)15-24/h4-7,19-21H,3,8-16H2,1-2H3. The Kier molecular flexibility index (Phi) is 5.48. The quantitative estimate of drug-likeness (QED) is 0.652. The summed E-state index contributed by atoms with van der Waals surface area (Å²) in [4.78, 5) is 27.7. The van der Waals surface area contributed by atoms with Gasteiger partial charge in [-0.3, -0.25) is 9.59 Å². The first-order valence-corrected chi connectivity index (χ1v) is 11.0. The molecule has 0 N–H and O–H groups in total. The van der Waals surface area contributed by atoms with Gasteiger partial charge in [-0.2, -0.15) is 0 Å². The molecule has 1 amide bonds. The molecule has 1 aromatic carbocycles. The monoisotopic (exact) mass is 383 g/mol. The summed E-state index contributed by atoms with van der Waals surface area (Å²) >= 11 is 0. The van der Waals surface area contributed by atoms with Crippen molar-refractivity contribution in [2.75, 3.05) is 13.2 Å². The SMILES string of the molecule is CCOC(=O)CCN(Cc1ccc(C)cc1)C(=O)C12CC3CC(CC(C3)C1)C2. The minimum Gasteiger partial charge on any atom is -0.466 e. The predicted molar refractivity (Wildman–Crippen MR) is 108 cm³/mol. The van der Waals surface area contributed by atoms with E-state index >= 15 is 0 Å². The molecule has 4 heteroatoms. The number of amides is 1. The van der Waals surface area contributed by atoms with E-state index in [4.69, 9.17) is 4.74 Å². The van der Waals surface area contributed by atoms with Crippen molar-refractivity contribution >= 4 is 11.9 Å². The molecule has 0 radical (unpaired) electrons. The first-order valence-electron chi connectivity index (χ1n) is 11.0. The third kappa shape index (κ3) is 3.97. The molecule has 28 heavy (non-hydrogen) atoms. The molecule has 4 fully saturated rings. The summed E-state index contributed by atoms with van der Waals surface area (Å²) in [6.07, 6.45) is 7.43. The van der Waals surface area contributed by atoms with Gasteiger partial charge >= 0.3 is 5.97 Å². The van der Waals surface area contributed by atoms with Crippen molar-refractivity contribution in [1.29, 1.82) is 0 Å². The van der Waals surface area contributed by atoms with E-state index in [0.29, 0.717) is 19.7 Å². The van der Waals surface area contributed by atoms with Crippen LogP contribution in [0.3, 0.4) is 0 Å². The van der Waals surface area contributed by atoms with Gasteiger partial charge in [0.05, 0.1) is 18.4 Å². The second-order valence-electron chi connectivity index (χ2n) is 9.47. The Bertz CT molecular complexity index is 689. The van der Waals surface area contributed by atoms with Crippen LogP contribution in [0, 0.1) is 30.1 Å². The molecule has 4 aliphatic carbocycles. The van der Waals surface area contributed by atoms with Gasteiger partial charge in [0, 0.05) is 13.1 Å². The van der Waals surface area contributed by atoms with Gasteiger partial charge in [-0.15, -0.1) is 0 Å². The van der Waals surface area contributed by atoms with Crippen LogP contribution < -0.4 is 0 Å². The van der Waals surface area contributed by atoms with E-state index in [1.807, 2.05) is 11.8 Å². The van der Waals surface area contributed by atoms with Gasteiger partial charge in [-0.25, -0.2) is 0 Å². The van der Waals surface area contributed by atoms with Crippen LogP contribution in [0.1, 0.15) is 63.0 Å². The third-order valence-corrected chi connectivity index (χ3v) is 7.16. The summed E-state index contributed by atoms with van der Waals surface area (Å²) in [5.41, 5.74) is 2.18. The number of esters is 1. The Morgan fingerprint density at radius 3 is 2.14 bits per heavy atom. The maximum absolute atomic E-state index is 13.8. The van der Waals surface area contributed by atoms with Crippen molar-refractivity contribution < 1.29 is 14.3 Å². The van der Waals surface area contributed by atoms with Gasteiger partial charge in [-0.1, -0.05) is 29.8 Å². The van der Waals surface area contributed by atoms with E-state index in [2.05, 4.69) is 31.2 Å². The number of nitrogens with zero attached hydrogens (tertiary/aromatic N) is 1. The van der Waals surface area contributed by atoms with E-state index in [0.717, 1.165) is 42.6 Å². The summed E-state index contributed by atoms with van der Waals surface area (Å²) in [5, 5.41) is 0. The van der Waals surface area contributed by atoms with Crippen molar-refractivity contribution in [1.82, 2.24) is 4.90 Å². The lowest BCUT2D eigenvalue weighted by atomic mass is 9.49. The molecule has 0 spiro atoms. The molecule has 4 nitrogen and oxygen atoms in total. The highest BCUT2D eigenvalue weighted by molar-refractivity contribution is 5.84. The smallest absolute Gasteiger partial charge is 0.307 e. The number of aryl methyl sites for hydroxylation is 1. The van der Waals surface area contributed by atoms with Crippen molar-refractivity contribution in [2.24, 2.45) is 23.2 Å². The van der Waals surface area contributed by atoms with Crippen molar-refractivity contribution in [2.45, 2.75) is 65.3 Å². The zero-order valence-electron chi connectivity index (χ0n) is 17.3. The normalized spacial score (nSPS) is 30.3. The van der Waals surface area contributed by atoms with E-state index in [9.17, 15) is 9.59 Å². The molecule has 4 aliphatic rings. The molecule has 1 aromatic rings. The molecule has 4 saturated carbocycles. The average Bonchev–Trinajstić information content (AvgIpc) is 2.65. The summed E-state index contributed by atoms with van der Waals surface area (Å²) in [6.45, 7) is 5.32. The van der Waals surface area contributed by atoms with Crippen LogP contribution in [0.2, 0.25) is 0 Å². The predicted octanol–water partition coefficient (Wildman–Crippen LogP) is 4.49. The number of hydrogen-bond donors (Lipinski definition) is 0. The number of hydrogen-bond acceptors (Lipinski definition) is 3. The molecule has 5 rings (SSSR count). The summed E-state index contributed by atoms with van der Waals surface area (Å²) in [6, 6.07) is 8.38. The molecule has 0 aliphatic heterocycles. The topological polar surface area (TPSA) is 46.6 Å². The van der Waals surface area contributed by atoms with Crippen LogP contribution >= 0.6 is 0 Å². The van der Waals surface area contributed by atoms with Crippen LogP contribution in [-0.4, -0.2) is 29.9 Å². The van der Waals surface area contributed by atoms with E-state index in [1.54, 1.807) is 0 Å². The van der Waals surface area contributed by atoms with Crippen molar-refractivity contribution in [3.05, 3.63) is 35.4 Å². The number of rotatable bonds is 7. The molecule has 0 saturated heterocycles. The highest BCUT2D eigenvalue weighted by Crippen LogP contribution is 2.60. The fourth-order valence-corrected chi connectivity index (χ4v) is 6.33. The molecule has 4 bridgehead atoms. The van der Waals surface area contributed by atoms with Crippen LogP contribution in [-0.2, 0) is 20.9 Å². The van der Waals surface area contributed by atoms with Gasteiger partial charge in [0.2, 0.25) is 5.91 Å². The fourth-order valence-electron chi connectivity index (χ4n) is 6.33. The average molecular weight is 384 g/mol. The first-order chi connectivity index (χ1) is 13.5. The van der Waals surface area contributed by atoms with Crippen LogP contribution in [0.15, 0.2) is 24.3 Å². The van der Waals surface area contributed by atoms with Gasteiger partial charge in [0.15, 0.2) is 0 Å². The van der Waals surface area contributed by atoms with E-state index in [-0.39, 0.29) is 23.7 Å². The Balaban J connectivity index is 1.52. The Hall–Kier alpha value is -1.84. The molecule has 0 atom stereocenters. The Morgan fingerprint density at radius 2 is 1.61 bits per heavy atom. The lowest BCUT2D eigenvalue weighted by molar-refractivity contribution is -0.159. The highest BCUT2D eigenvalue weighted by atomic mass is 16.5. The van der Waals surface area contributed by atoms with Crippen LogP contribution in [0.4, 0.5) is 0 Å². The fraction of sp³-hybridized carbons (Fsp3) is 0.667. The minimum atomic E-state index is -0.213. The van der Waals surface area contributed by atoms with Crippen molar-refractivity contribution in [3.8, 4) is 0 Å². The largest absolute Gasteiger partial charge is 0.466 e.